The summed E-state index contributed by atoms with van der Waals surface area (Å²) in [5.74, 6) is 0.868. The Kier molecular flexibility index (Phi) is 8.85. The lowest BCUT2D eigenvalue weighted by Crippen LogP contribution is -2.52. The number of likely N-dealkylation sites (N-methyl/N-ethyl adjacent to an activating group) is 1. The summed E-state index contributed by atoms with van der Waals surface area (Å²) in [4.78, 5) is 38.0. The van der Waals surface area contributed by atoms with Gasteiger partial charge in [0.2, 0.25) is 5.91 Å². The number of benzene rings is 1. The number of aromatic nitrogens is 3. The first-order valence-corrected chi connectivity index (χ1v) is 11.7. The highest BCUT2D eigenvalue weighted by Crippen LogP contribution is 2.29. The molecule has 0 spiro atoms. The van der Waals surface area contributed by atoms with Crippen molar-refractivity contribution in [1.29, 1.82) is 5.26 Å². The molecule has 11 heteroatoms. The van der Waals surface area contributed by atoms with Crippen molar-refractivity contribution in [1.82, 2.24) is 19.4 Å². The molecule has 1 aliphatic rings. The van der Waals surface area contributed by atoms with Gasteiger partial charge in [-0.25, -0.2) is 14.8 Å². The molecule has 3 heterocycles. The molecule has 0 saturated carbocycles. The van der Waals surface area contributed by atoms with Gasteiger partial charge in [-0.15, -0.1) is 12.4 Å². The summed E-state index contributed by atoms with van der Waals surface area (Å²) in [7, 11) is 1.95. The van der Waals surface area contributed by atoms with Crippen LogP contribution < -0.4 is 16.0 Å². The third kappa shape index (κ3) is 5.58. The molecule has 36 heavy (non-hydrogen) atoms. The number of rotatable bonds is 6. The number of nitrogens with zero attached hydrogens (tertiary/aromatic N) is 6. The lowest BCUT2D eigenvalue weighted by Gasteiger charge is -2.42. The van der Waals surface area contributed by atoms with Crippen LogP contribution in [0.25, 0.3) is 11.0 Å². The first kappa shape index (κ1) is 26.9. The number of nitrogens with two attached hydrogens (primary N) is 1. The molecule has 2 amide bonds. The maximum Gasteiger partial charge on any atom is 0.331 e. The second kappa shape index (κ2) is 11.8. The number of fused-ring (bicyclic) bond motifs is 1. The molecular formula is C25H31ClN8O2. The number of amides is 2. The second-order valence-corrected chi connectivity index (χ2v) is 8.90. The zero-order valence-corrected chi connectivity index (χ0v) is 21.2. The molecule has 190 valence electrons. The molecule has 1 aliphatic heterocycles. The van der Waals surface area contributed by atoms with Gasteiger partial charge < -0.3 is 20.9 Å². The van der Waals surface area contributed by atoms with E-state index in [9.17, 15) is 9.59 Å². The van der Waals surface area contributed by atoms with Gasteiger partial charge in [0.15, 0.2) is 5.65 Å². The monoisotopic (exact) mass is 510 g/mol. The third-order valence-electron chi connectivity index (χ3n) is 6.65. The summed E-state index contributed by atoms with van der Waals surface area (Å²) in [5.41, 5.74) is 7.90. The van der Waals surface area contributed by atoms with Gasteiger partial charge in [0.25, 0.3) is 0 Å². The molecule has 10 nitrogen and oxygen atoms in total. The van der Waals surface area contributed by atoms with Gasteiger partial charge >= 0.3 is 6.03 Å². The van der Waals surface area contributed by atoms with E-state index >= 15 is 0 Å². The fraction of sp³-hybridized carbons (Fsp3) is 0.400. The molecule has 1 fully saturated rings. The highest BCUT2D eigenvalue weighted by Gasteiger charge is 2.32. The number of hydrogen-bond acceptors (Lipinski definition) is 7. The fourth-order valence-electron chi connectivity index (χ4n) is 4.60. The standard InChI is InChI=1S/C25H30N8O2.ClH/c1-17-9-13-32(22(34)8-12-27)15-21(17)31(2)23-20-10-14-33(24(20)29-16-28-23)25(35)30-19-5-3-18(4-6-19)7-11-26;/h3-6,10,14,16-17,21H,7-9,11,13,15,26H2,1-2H3,(H,30,35);1H/t17-,21+;/m1./s1. The number of likely N-dealkylation sites (tertiary alicyclic amines) is 1. The van der Waals surface area contributed by atoms with Gasteiger partial charge in [-0.2, -0.15) is 5.26 Å². The van der Waals surface area contributed by atoms with Crippen LogP contribution in [0.3, 0.4) is 0 Å². The highest BCUT2D eigenvalue weighted by molar-refractivity contribution is 5.99. The lowest BCUT2D eigenvalue weighted by molar-refractivity contribution is -0.131. The molecule has 3 N–H and O–H groups in total. The fourth-order valence-corrected chi connectivity index (χ4v) is 4.60. The zero-order valence-electron chi connectivity index (χ0n) is 20.4. The van der Waals surface area contributed by atoms with Crippen LogP contribution in [0.1, 0.15) is 25.3 Å². The minimum absolute atomic E-state index is 0. The summed E-state index contributed by atoms with van der Waals surface area (Å²) >= 11 is 0. The largest absolute Gasteiger partial charge is 0.354 e. The van der Waals surface area contributed by atoms with E-state index in [1.807, 2.05) is 43.4 Å². The van der Waals surface area contributed by atoms with Gasteiger partial charge in [-0.3, -0.25) is 9.36 Å². The Hall–Kier alpha value is -3.68. The average Bonchev–Trinajstić information content (AvgIpc) is 3.30. The van der Waals surface area contributed by atoms with Crippen molar-refractivity contribution in [3.63, 3.8) is 0 Å². The van der Waals surface area contributed by atoms with Crippen molar-refractivity contribution < 1.29 is 9.59 Å². The van der Waals surface area contributed by atoms with Crippen molar-refractivity contribution in [2.45, 2.75) is 32.2 Å². The number of carbonyl (C=O) groups is 2. The number of piperidine rings is 1. The third-order valence-corrected chi connectivity index (χ3v) is 6.65. The topological polar surface area (TPSA) is 133 Å². The van der Waals surface area contributed by atoms with Crippen molar-refractivity contribution in [2.75, 3.05) is 36.9 Å². The number of carbonyl (C=O) groups excluding carboxylic acids is 2. The molecule has 1 aromatic carbocycles. The summed E-state index contributed by atoms with van der Waals surface area (Å²) in [6, 6.07) is 11.1. The highest BCUT2D eigenvalue weighted by atomic mass is 35.5. The molecule has 0 aliphatic carbocycles. The first-order valence-electron chi connectivity index (χ1n) is 11.7. The summed E-state index contributed by atoms with van der Waals surface area (Å²) < 4.78 is 1.47. The Morgan fingerprint density at radius 1 is 1.25 bits per heavy atom. The van der Waals surface area contributed by atoms with Crippen LogP contribution in [-0.2, 0) is 11.2 Å². The van der Waals surface area contributed by atoms with E-state index in [-0.39, 0.29) is 36.8 Å². The van der Waals surface area contributed by atoms with Crippen LogP contribution in [0, 0.1) is 17.2 Å². The molecule has 0 radical (unpaired) electrons. The lowest BCUT2D eigenvalue weighted by atomic mass is 9.92. The van der Waals surface area contributed by atoms with Crippen LogP contribution >= 0.6 is 12.4 Å². The van der Waals surface area contributed by atoms with Crippen LogP contribution in [0.4, 0.5) is 16.3 Å². The zero-order chi connectivity index (χ0) is 24.9. The Balaban J connectivity index is 0.00000361. The average molecular weight is 511 g/mol. The number of halogens is 1. The first-order chi connectivity index (χ1) is 16.9. The SMILES string of the molecule is C[C@@H]1CCN(C(=O)CC#N)C[C@@H]1N(C)c1ncnc2c1ccn2C(=O)Nc1ccc(CCN)cc1.Cl. The minimum Gasteiger partial charge on any atom is -0.354 e. The number of nitrogens with one attached hydrogen (secondary N) is 1. The molecule has 2 aromatic heterocycles. The molecule has 4 rings (SSSR count). The summed E-state index contributed by atoms with van der Waals surface area (Å²) in [6.45, 7) is 3.90. The van der Waals surface area contributed by atoms with Gasteiger partial charge in [0.1, 0.15) is 18.6 Å². The van der Waals surface area contributed by atoms with E-state index in [2.05, 4.69) is 27.1 Å². The van der Waals surface area contributed by atoms with Gasteiger partial charge in [0.05, 0.1) is 17.5 Å². The maximum atomic E-state index is 13.0. The Labute approximate surface area is 216 Å². The van der Waals surface area contributed by atoms with E-state index in [1.54, 1.807) is 11.1 Å². The van der Waals surface area contributed by atoms with Crippen molar-refractivity contribution >= 4 is 46.9 Å². The van der Waals surface area contributed by atoms with E-state index in [1.165, 1.54) is 10.9 Å². The van der Waals surface area contributed by atoms with Crippen LogP contribution in [0.15, 0.2) is 42.9 Å². The number of nitriles is 1. The normalized spacial score (nSPS) is 17.2. The molecule has 2 atom stereocenters. The molecular weight excluding hydrogens is 480 g/mol. The smallest absolute Gasteiger partial charge is 0.331 e. The van der Waals surface area contributed by atoms with E-state index < -0.39 is 0 Å². The van der Waals surface area contributed by atoms with Crippen LogP contribution in [0.2, 0.25) is 0 Å². The molecule has 1 saturated heterocycles. The Morgan fingerprint density at radius 2 is 2.00 bits per heavy atom. The van der Waals surface area contributed by atoms with E-state index in [4.69, 9.17) is 11.0 Å². The maximum absolute atomic E-state index is 13.0. The Bertz CT molecular complexity index is 1250. The molecule has 0 bridgehead atoms. The van der Waals surface area contributed by atoms with Gasteiger partial charge in [-0.05, 0) is 49.1 Å². The van der Waals surface area contributed by atoms with E-state index in [0.717, 1.165) is 23.8 Å². The van der Waals surface area contributed by atoms with Crippen molar-refractivity contribution in [3.8, 4) is 6.07 Å². The second-order valence-electron chi connectivity index (χ2n) is 8.90. The molecule has 3 aromatic rings. The van der Waals surface area contributed by atoms with Crippen LogP contribution in [-0.4, -0.2) is 64.1 Å². The number of anilines is 2. The molecule has 0 unspecified atom stereocenters. The Morgan fingerprint density at radius 3 is 2.69 bits per heavy atom. The van der Waals surface area contributed by atoms with Gasteiger partial charge in [-0.1, -0.05) is 19.1 Å². The summed E-state index contributed by atoms with van der Waals surface area (Å²) in [5, 5.41) is 12.6. The van der Waals surface area contributed by atoms with Crippen molar-refractivity contribution in [2.24, 2.45) is 11.7 Å². The predicted molar refractivity (Wildman–Crippen MR) is 141 cm³/mol. The summed E-state index contributed by atoms with van der Waals surface area (Å²) in [6.07, 6.45) is 4.64. The van der Waals surface area contributed by atoms with Crippen LogP contribution in [0.5, 0.6) is 0 Å². The van der Waals surface area contributed by atoms with Gasteiger partial charge in [0, 0.05) is 32.0 Å². The van der Waals surface area contributed by atoms with Crippen molar-refractivity contribution in [3.05, 3.63) is 48.4 Å². The number of hydrogen-bond donors (Lipinski definition) is 2. The predicted octanol–water partition coefficient (Wildman–Crippen LogP) is 3.02. The van der Waals surface area contributed by atoms with E-state index in [0.29, 0.717) is 42.7 Å². The quantitative estimate of drug-likeness (QED) is 0.520. The minimum atomic E-state index is -0.321.